The zero-order valence-corrected chi connectivity index (χ0v) is 22.1. The highest BCUT2D eigenvalue weighted by molar-refractivity contribution is 6.06. The van der Waals surface area contributed by atoms with Crippen LogP contribution in [0.2, 0.25) is 0 Å². The highest BCUT2D eigenvalue weighted by Gasteiger charge is 2.59. The molecule has 0 aromatic heterocycles. The number of aliphatic imine (C=N–C) groups is 1. The van der Waals surface area contributed by atoms with Crippen LogP contribution in [0, 0.1) is 0 Å². The van der Waals surface area contributed by atoms with E-state index in [1.54, 1.807) is 0 Å². The molecule has 4 aromatic carbocycles. The zero-order chi connectivity index (χ0) is 25.7. The minimum Gasteiger partial charge on any atom is -0.459 e. The summed E-state index contributed by atoms with van der Waals surface area (Å²) in [7, 11) is 0. The summed E-state index contributed by atoms with van der Waals surface area (Å²) in [6.07, 6.45) is 3.00. The second kappa shape index (κ2) is 8.88. The summed E-state index contributed by atoms with van der Waals surface area (Å²) in [5, 5.41) is 2.33. The molecule has 0 bridgehead atoms. The van der Waals surface area contributed by atoms with E-state index in [1.807, 2.05) is 0 Å². The van der Waals surface area contributed by atoms with E-state index in [0.717, 1.165) is 56.1 Å². The van der Waals surface area contributed by atoms with Crippen molar-refractivity contribution in [2.75, 3.05) is 42.6 Å². The van der Waals surface area contributed by atoms with Crippen LogP contribution in [-0.4, -0.2) is 44.8 Å². The standard InChI is InChI=1S/C33H33N3O2/c1-32(2)27-14-8-9-15-28(27)36(17-16-24-10-4-3-5-11-24)33(32)23-34-31-26-13-7-6-12-25(26)29(22-30(31)38-33)35-18-20-37-21-19-35/h3-15,22-23H,16-21H2,1-2H3. The average Bonchev–Trinajstić information content (AvgIpc) is 3.14. The van der Waals surface area contributed by atoms with Crippen LogP contribution in [0.15, 0.2) is 89.9 Å². The Hall–Kier alpha value is -3.83. The molecule has 1 fully saturated rings. The molecule has 3 aliphatic rings. The summed E-state index contributed by atoms with van der Waals surface area (Å²) in [5.74, 6) is 0.846. The normalized spacial score (nSPS) is 21.4. The van der Waals surface area contributed by atoms with Gasteiger partial charge in [0, 0.05) is 47.8 Å². The van der Waals surface area contributed by atoms with Gasteiger partial charge >= 0.3 is 0 Å². The van der Waals surface area contributed by atoms with Gasteiger partial charge in [0.25, 0.3) is 0 Å². The van der Waals surface area contributed by atoms with Crippen LogP contribution in [0.5, 0.6) is 5.75 Å². The Morgan fingerprint density at radius 1 is 0.816 bits per heavy atom. The molecule has 1 unspecified atom stereocenters. The number of rotatable bonds is 4. The number of fused-ring (bicyclic) bond motifs is 4. The third-order valence-corrected chi connectivity index (χ3v) is 8.58. The van der Waals surface area contributed by atoms with E-state index in [4.69, 9.17) is 14.5 Å². The number of benzene rings is 4. The molecule has 192 valence electrons. The molecular formula is C33H33N3O2. The quantitative estimate of drug-likeness (QED) is 0.318. The van der Waals surface area contributed by atoms with E-state index in [9.17, 15) is 0 Å². The van der Waals surface area contributed by atoms with Crippen LogP contribution >= 0.6 is 0 Å². The van der Waals surface area contributed by atoms with Crippen LogP contribution in [0.3, 0.4) is 0 Å². The fraction of sp³-hybridized carbons (Fsp3) is 0.303. The second-order valence-corrected chi connectivity index (χ2v) is 11.0. The third kappa shape index (κ3) is 3.45. The van der Waals surface area contributed by atoms with E-state index in [0.29, 0.717) is 0 Å². The first-order chi connectivity index (χ1) is 18.6. The van der Waals surface area contributed by atoms with Gasteiger partial charge in [-0.15, -0.1) is 0 Å². The van der Waals surface area contributed by atoms with Crippen LogP contribution in [0.1, 0.15) is 25.0 Å². The number of nitrogens with zero attached hydrogens (tertiary/aromatic N) is 3. The Bertz CT molecular complexity index is 1520. The largest absolute Gasteiger partial charge is 0.459 e. The van der Waals surface area contributed by atoms with E-state index >= 15 is 0 Å². The fourth-order valence-electron chi connectivity index (χ4n) is 6.47. The summed E-state index contributed by atoms with van der Waals surface area (Å²) in [5.41, 5.74) is 4.89. The van der Waals surface area contributed by atoms with Crippen LogP contribution in [0.25, 0.3) is 10.8 Å². The molecule has 0 amide bonds. The van der Waals surface area contributed by atoms with Crippen molar-refractivity contribution < 1.29 is 9.47 Å². The van der Waals surface area contributed by atoms with E-state index in [1.165, 1.54) is 27.9 Å². The molecule has 0 N–H and O–H groups in total. The predicted octanol–water partition coefficient (Wildman–Crippen LogP) is 6.51. The lowest BCUT2D eigenvalue weighted by Crippen LogP contribution is -2.62. The highest BCUT2D eigenvalue weighted by atomic mass is 16.5. The SMILES string of the molecule is CC1(C)c2ccccc2N(CCc2ccccc2)C12C=Nc1c(cc(N3CCOCC3)c3ccccc13)O2. The molecule has 4 aromatic rings. The van der Waals surface area contributed by atoms with Crippen LogP contribution in [0.4, 0.5) is 17.1 Å². The molecule has 0 aliphatic carbocycles. The second-order valence-electron chi connectivity index (χ2n) is 11.0. The summed E-state index contributed by atoms with van der Waals surface area (Å²) >= 11 is 0. The summed E-state index contributed by atoms with van der Waals surface area (Å²) < 4.78 is 12.9. The summed E-state index contributed by atoms with van der Waals surface area (Å²) in [4.78, 5) is 10.0. The van der Waals surface area contributed by atoms with Crippen LogP contribution in [-0.2, 0) is 16.6 Å². The molecule has 7 rings (SSSR count). The molecule has 5 nitrogen and oxygen atoms in total. The van der Waals surface area contributed by atoms with Gasteiger partial charge in [-0.25, -0.2) is 0 Å². The molecule has 0 saturated carbocycles. The van der Waals surface area contributed by atoms with Gasteiger partial charge < -0.3 is 19.3 Å². The van der Waals surface area contributed by atoms with Gasteiger partial charge in [0.1, 0.15) is 5.69 Å². The smallest absolute Gasteiger partial charge is 0.228 e. The maximum absolute atomic E-state index is 7.24. The Labute approximate surface area is 224 Å². The lowest BCUT2D eigenvalue weighted by molar-refractivity contribution is 0.0779. The molecule has 1 atom stereocenters. The molecule has 0 radical (unpaired) electrons. The predicted molar refractivity (Wildman–Crippen MR) is 155 cm³/mol. The maximum Gasteiger partial charge on any atom is 0.228 e. The van der Waals surface area contributed by atoms with Gasteiger partial charge in [0.15, 0.2) is 5.75 Å². The summed E-state index contributed by atoms with van der Waals surface area (Å²) in [6, 6.07) is 30.2. The number of hydrogen-bond acceptors (Lipinski definition) is 5. The lowest BCUT2D eigenvalue weighted by atomic mass is 9.77. The van der Waals surface area contributed by atoms with Crippen molar-refractivity contribution in [2.45, 2.75) is 31.4 Å². The molecule has 3 aliphatic heterocycles. The molecule has 38 heavy (non-hydrogen) atoms. The van der Waals surface area contributed by atoms with Gasteiger partial charge in [-0.1, -0.05) is 72.8 Å². The van der Waals surface area contributed by atoms with Gasteiger partial charge in [-0.05, 0) is 37.5 Å². The van der Waals surface area contributed by atoms with Gasteiger partial charge in [-0.3, -0.25) is 4.99 Å². The first-order valence-corrected chi connectivity index (χ1v) is 13.6. The number of morpholine rings is 1. The zero-order valence-electron chi connectivity index (χ0n) is 22.1. The fourth-order valence-corrected chi connectivity index (χ4v) is 6.47. The average molecular weight is 504 g/mol. The molecular weight excluding hydrogens is 470 g/mol. The Kier molecular flexibility index (Phi) is 5.45. The minimum absolute atomic E-state index is 0.313. The first kappa shape index (κ1) is 23.3. The van der Waals surface area contributed by atoms with Crippen molar-refractivity contribution in [3.8, 4) is 5.75 Å². The van der Waals surface area contributed by atoms with Crippen molar-refractivity contribution in [3.63, 3.8) is 0 Å². The van der Waals surface area contributed by atoms with Gasteiger partial charge in [0.05, 0.1) is 24.8 Å². The molecule has 1 saturated heterocycles. The number of para-hydroxylation sites is 1. The van der Waals surface area contributed by atoms with E-state index in [-0.39, 0.29) is 5.41 Å². The molecule has 3 heterocycles. The maximum atomic E-state index is 7.24. The first-order valence-electron chi connectivity index (χ1n) is 13.6. The number of anilines is 2. The molecule has 5 heteroatoms. The van der Waals surface area contributed by atoms with Gasteiger partial charge in [-0.2, -0.15) is 0 Å². The van der Waals surface area contributed by atoms with Crippen molar-refractivity contribution in [1.82, 2.24) is 0 Å². The topological polar surface area (TPSA) is 37.3 Å². The number of hydrogen-bond donors (Lipinski definition) is 0. The van der Waals surface area contributed by atoms with Crippen molar-refractivity contribution in [1.29, 1.82) is 0 Å². The number of ether oxygens (including phenoxy) is 2. The Morgan fingerprint density at radius 2 is 1.53 bits per heavy atom. The van der Waals surface area contributed by atoms with Crippen LogP contribution < -0.4 is 14.5 Å². The monoisotopic (exact) mass is 503 g/mol. The molecule has 1 spiro atoms. The van der Waals surface area contributed by atoms with Gasteiger partial charge in [0.2, 0.25) is 5.72 Å². The van der Waals surface area contributed by atoms with E-state index in [2.05, 4.69) is 115 Å². The minimum atomic E-state index is -0.733. The highest BCUT2D eigenvalue weighted by Crippen LogP contribution is 2.55. The van der Waals surface area contributed by atoms with Crippen molar-refractivity contribution in [2.24, 2.45) is 4.99 Å². The Morgan fingerprint density at radius 3 is 2.34 bits per heavy atom. The van der Waals surface area contributed by atoms with E-state index < -0.39 is 5.72 Å². The van der Waals surface area contributed by atoms with Crippen molar-refractivity contribution >= 4 is 34.0 Å². The third-order valence-electron chi connectivity index (χ3n) is 8.58. The lowest BCUT2D eigenvalue weighted by Gasteiger charge is -2.46. The Balaban J connectivity index is 1.36. The summed E-state index contributed by atoms with van der Waals surface area (Å²) in [6.45, 7) is 8.63. The van der Waals surface area contributed by atoms with Crippen molar-refractivity contribution in [3.05, 3.63) is 96.1 Å².